The van der Waals surface area contributed by atoms with Gasteiger partial charge in [-0.05, 0) is 74.2 Å². The van der Waals surface area contributed by atoms with Gasteiger partial charge in [0.05, 0.1) is 21.5 Å². The molecular weight excluding hydrogens is 531 g/mol. The summed E-state index contributed by atoms with van der Waals surface area (Å²) in [6.07, 6.45) is 3.33. The van der Waals surface area contributed by atoms with Crippen LogP contribution in [0.15, 0.2) is 54.6 Å². The quantitative estimate of drug-likeness (QED) is 0.244. The number of aliphatic hydroxyl groups excluding tert-OH is 1. The van der Waals surface area contributed by atoms with Crippen molar-refractivity contribution in [2.24, 2.45) is 0 Å². The monoisotopic (exact) mass is 558 g/mol. The third-order valence-corrected chi connectivity index (χ3v) is 8.25. The zero-order valence-electron chi connectivity index (χ0n) is 20.2. The van der Waals surface area contributed by atoms with E-state index in [1.54, 1.807) is 42.5 Å². The van der Waals surface area contributed by atoms with Gasteiger partial charge in [0.2, 0.25) is 5.78 Å². The highest BCUT2D eigenvalue weighted by Crippen LogP contribution is 2.34. The van der Waals surface area contributed by atoms with E-state index >= 15 is 0 Å². The van der Waals surface area contributed by atoms with Gasteiger partial charge in [-0.1, -0.05) is 53.5 Å². The Morgan fingerprint density at radius 1 is 1.05 bits per heavy atom. The molecule has 1 saturated carbocycles. The highest BCUT2D eigenvalue weighted by Gasteiger charge is 2.30. The molecule has 2 N–H and O–H groups in total. The fraction of sp³-hybridized carbons (Fsp3) is 0.357. The first-order valence-electron chi connectivity index (χ1n) is 12.4. The van der Waals surface area contributed by atoms with Crippen molar-refractivity contribution < 1.29 is 19.4 Å². The molecule has 194 valence electrons. The lowest BCUT2D eigenvalue weighted by molar-refractivity contribution is -0.118. The van der Waals surface area contributed by atoms with Crippen LogP contribution in [0, 0.1) is 0 Å². The normalized spacial score (nSPS) is 17.4. The number of ketones is 1. The molecule has 1 amide bonds. The molecule has 0 radical (unpaired) electrons. The average Bonchev–Trinajstić information content (AvgIpc) is 3.36. The van der Waals surface area contributed by atoms with Crippen molar-refractivity contribution in [3.63, 3.8) is 0 Å². The summed E-state index contributed by atoms with van der Waals surface area (Å²) in [5.74, 6) is -0.820. The molecule has 2 aliphatic rings. The number of hydrogen-bond acceptors (Lipinski definition) is 6. The van der Waals surface area contributed by atoms with E-state index in [0.29, 0.717) is 27.2 Å². The van der Waals surface area contributed by atoms with Gasteiger partial charge >= 0.3 is 0 Å². The first kappa shape index (κ1) is 26.2. The lowest BCUT2D eigenvalue weighted by Gasteiger charge is -2.28. The number of halogens is 2. The van der Waals surface area contributed by atoms with Gasteiger partial charge in [0, 0.05) is 17.0 Å². The van der Waals surface area contributed by atoms with Gasteiger partial charge in [-0.3, -0.25) is 9.59 Å². The lowest BCUT2D eigenvalue weighted by Crippen LogP contribution is -2.48. The Morgan fingerprint density at radius 2 is 1.78 bits per heavy atom. The van der Waals surface area contributed by atoms with E-state index < -0.39 is 23.8 Å². The van der Waals surface area contributed by atoms with Crippen molar-refractivity contribution in [1.82, 2.24) is 10.2 Å². The largest absolute Gasteiger partial charge is 0.489 e. The topological polar surface area (TPSA) is 78.9 Å². The van der Waals surface area contributed by atoms with Gasteiger partial charge in [0.1, 0.15) is 11.9 Å². The summed E-state index contributed by atoms with van der Waals surface area (Å²) >= 11 is 13.9. The predicted molar refractivity (Wildman–Crippen MR) is 147 cm³/mol. The zero-order valence-corrected chi connectivity index (χ0v) is 22.5. The molecule has 2 heterocycles. The lowest BCUT2D eigenvalue weighted by atomic mass is 10.0. The van der Waals surface area contributed by atoms with Crippen molar-refractivity contribution in [3.05, 3.63) is 75.1 Å². The van der Waals surface area contributed by atoms with Crippen LogP contribution in [0.25, 0.3) is 10.4 Å². The third-order valence-electron chi connectivity index (χ3n) is 6.68. The highest BCUT2D eigenvalue weighted by molar-refractivity contribution is 7.19. The average molecular weight is 560 g/mol. The fourth-order valence-electron chi connectivity index (χ4n) is 4.48. The Hall–Kier alpha value is -2.42. The maximum Gasteiger partial charge on any atom is 0.292 e. The number of nitrogens with one attached hydrogen (secondary N) is 1. The van der Waals surface area contributed by atoms with Crippen molar-refractivity contribution in [3.8, 4) is 16.2 Å². The maximum atomic E-state index is 13.0. The molecule has 1 aromatic heterocycles. The van der Waals surface area contributed by atoms with Gasteiger partial charge < -0.3 is 20.1 Å². The molecule has 6 nitrogen and oxygen atoms in total. The molecule has 0 bridgehead atoms. The molecular formula is C28H28Cl2N2O4S. The molecule has 37 heavy (non-hydrogen) atoms. The number of thiophene rings is 1. The smallest absolute Gasteiger partial charge is 0.292 e. The molecule has 1 saturated heterocycles. The first-order chi connectivity index (χ1) is 17.9. The Balaban J connectivity index is 1.30. The Bertz CT molecular complexity index is 1270. The van der Waals surface area contributed by atoms with Crippen LogP contribution in [-0.4, -0.2) is 53.5 Å². The number of likely N-dealkylation sites (tertiary alicyclic amines) is 1. The van der Waals surface area contributed by atoms with Crippen molar-refractivity contribution in [2.75, 3.05) is 19.6 Å². The van der Waals surface area contributed by atoms with Crippen molar-refractivity contribution >= 4 is 46.2 Å². The summed E-state index contributed by atoms with van der Waals surface area (Å²) in [6.45, 7) is 2.20. The van der Waals surface area contributed by atoms with E-state index in [-0.39, 0.29) is 11.7 Å². The fourth-order valence-corrected chi connectivity index (χ4v) is 5.76. The van der Waals surface area contributed by atoms with Crippen LogP contribution >= 0.6 is 34.5 Å². The van der Waals surface area contributed by atoms with Gasteiger partial charge in [-0.2, -0.15) is 0 Å². The van der Waals surface area contributed by atoms with E-state index in [2.05, 4.69) is 10.2 Å². The summed E-state index contributed by atoms with van der Waals surface area (Å²) < 4.78 is 6.48. The summed E-state index contributed by atoms with van der Waals surface area (Å²) in [6, 6.07) is 15.1. The van der Waals surface area contributed by atoms with Gasteiger partial charge in [-0.15, -0.1) is 11.3 Å². The summed E-state index contributed by atoms with van der Waals surface area (Å²) in [4.78, 5) is 29.2. The van der Waals surface area contributed by atoms with E-state index in [9.17, 15) is 14.7 Å². The minimum atomic E-state index is -1.05. The van der Waals surface area contributed by atoms with Gasteiger partial charge in [0.25, 0.3) is 5.91 Å². The molecule has 0 spiro atoms. The SMILES string of the molecule is O=C(N[C@H](CN1CCCC1)[C@H](O)c1ccc(OC2CC2)c(Cl)c1)C(=O)c1ccc(-c2ccc(Cl)s2)cc1. The number of aliphatic hydroxyl groups is 1. The standard InChI is InChI=1S/C28H28Cl2N2O4S/c29-21-15-19(7-10-23(21)36-20-8-9-20)26(33)22(16-32-13-1-2-14-32)31-28(35)27(34)18-5-3-17(4-6-18)24-11-12-25(30)37-24/h3-7,10-12,15,20,22,26,33H,1-2,8-9,13-14,16H2,(H,31,35)/t22-,26-/m1/s1. The number of rotatable bonds is 10. The Morgan fingerprint density at radius 3 is 2.41 bits per heavy atom. The zero-order chi connectivity index (χ0) is 25.9. The second kappa shape index (κ2) is 11.5. The molecule has 2 fully saturated rings. The number of Topliss-reactive ketones (excluding diaryl/α,β-unsaturated/α-hetero) is 1. The van der Waals surface area contributed by atoms with Crippen molar-refractivity contribution in [1.29, 1.82) is 0 Å². The van der Waals surface area contributed by atoms with Gasteiger partial charge in [-0.25, -0.2) is 0 Å². The molecule has 2 atom stereocenters. The number of carbonyl (C=O) groups excluding carboxylic acids is 2. The number of hydrogen-bond donors (Lipinski definition) is 2. The van der Waals surface area contributed by atoms with Crippen molar-refractivity contribution in [2.45, 2.75) is 43.9 Å². The van der Waals surface area contributed by atoms with Crippen LogP contribution < -0.4 is 10.1 Å². The van der Waals surface area contributed by atoms with Crippen LogP contribution in [0.2, 0.25) is 9.36 Å². The minimum absolute atomic E-state index is 0.207. The molecule has 0 unspecified atom stereocenters. The number of amides is 1. The summed E-state index contributed by atoms with van der Waals surface area (Å²) in [7, 11) is 0. The molecule has 9 heteroatoms. The molecule has 1 aliphatic heterocycles. The molecule has 2 aromatic carbocycles. The summed E-state index contributed by atoms with van der Waals surface area (Å²) in [5.41, 5.74) is 1.76. The first-order valence-corrected chi connectivity index (χ1v) is 14.0. The van der Waals surface area contributed by atoms with E-state index in [1.807, 2.05) is 12.1 Å². The van der Waals surface area contributed by atoms with E-state index in [0.717, 1.165) is 49.2 Å². The third kappa shape index (κ3) is 6.54. The number of ether oxygens (including phenoxy) is 1. The van der Waals surface area contributed by atoms with E-state index in [4.69, 9.17) is 27.9 Å². The van der Waals surface area contributed by atoms with Crippen LogP contribution in [-0.2, 0) is 4.79 Å². The minimum Gasteiger partial charge on any atom is -0.489 e. The van der Waals surface area contributed by atoms with E-state index in [1.165, 1.54) is 11.3 Å². The van der Waals surface area contributed by atoms with Crippen LogP contribution in [0.4, 0.5) is 0 Å². The Kier molecular flexibility index (Phi) is 8.17. The Labute approximate surface area is 230 Å². The highest BCUT2D eigenvalue weighted by atomic mass is 35.5. The van der Waals surface area contributed by atoms with Crippen LogP contribution in [0.1, 0.15) is 47.7 Å². The number of carbonyl (C=O) groups is 2. The second-order valence-electron chi connectivity index (χ2n) is 9.55. The van der Waals surface area contributed by atoms with Gasteiger partial charge in [0.15, 0.2) is 0 Å². The predicted octanol–water partition coefficient (Wildman–Crippen LogP) is 5.76. The molecule has 3 aromatic rings. The van der Waals surface area contributed by atoms with Crippen LogP contribution in [0.3, 0.4) is 0 Å². The number of benzene rings is 2. The number of nitrogens with zero attached hydrogens (tertiary/aromatic N) is 1. The second-order valence-corrected chi connectivity index (χ2v) is 11.7. The maximum absolute atomic E-state index is 13.0. The molecule has 1 aliphatic carbocycles. The molecule has 5 rings (SSSR count). The summed E-state index contributed by atoms with van der Waals surface area (Å²) in [5, 5.41) is 14.5. The van der Waals surface area contributed by atoms with Crippen LogP contribution in [0.5, 0.6) is 5.75 Å².